The normalized spacial score (nSPS) is 14.0. The highest BCUT2D eigenvalue weighted by molar-refractivity contribution is 9.10. The molecular formula is C16H20BrNOS. The minimum Gasteiger partial charge on any atom is -0.494 e. The molecule has 0 aliphatic rings. The van der Waals surface area contributed by atoms with E-state index >= 15 is 0 Å². The van der Waals surface area contributed by atoms with Crippen molar-refractivity contribution in [1.82, 2.24) is 5.32 Å². The minimum absolute atomic E-state index is 0.307. The van der Waals surface area contributed by atoms with Crippen molar-refractivity contribution in [2.24, 2.45) is 0 Å². The Hall–Kier alpha value is -0.840. The Morgan fingerprint density at radius 1 is 1.20 bits per heavy atom. The van der Waals surface area contributed by atoms with Gasteiger partial charge in [0.1, 0.15) is 5.75 Å². The summed E-state index contributed by atoms with van der Waals surface area (Å²) in [4.78, 5) is 1.34. The van der Waals surface area contributed by atoms with Crippen LogP contribution in [0.1, 0.15) is 43.3 Å². The number of halogens is 1. The van der Waals surface area contributed by atoms with E-state index in [0.717, 1.165) is 10.2 Å². The molecule has 1 N–H and O–H groups in total. The summed E-state index contributed by atoms with van der Waals surface area (Å²) in [6.45, 7) is 7.09. The predicted molar refractivity (Wildman–Crippen MR) is 89.6 cm³/mol. The van der Waals surface area contributed by atoms with Gasteiger partial charge in [-0.1, -0.05) is 12.1 Å². The fraction of sp³-hybridized carbons (Fsp3) is 0.375. The predicted octanol–water partition coefficient (Wildman–Crippen LogP) is 5.32. The van der Waals surface area contributed by atoms with E-state index in [2.05, 4.69) is 58.7 Å². The molecule has 20 heavy (non-hydrogen) atoms. The van der Waals surface area contributed by atoms with Crippen LogP contribution in [0.15, 0.2) is 40.2 Å². The lowest BCUT2D eigenvalue weighted by Crippen LogP contribution is -2.21. The summed E-state index contributed by atoms with van der Waals surface area (Å²) in [6, 6.07) is 11.1. The molecule has 108 valence electrons. The number of hydrogen-bond acceptors (Lipinski definition) is 3. The Labute approximate surface area is 133 Å². The van der Waals surface area contributed by atoms with E-state index in [1.54, 1.807) is 11.3 Å². The summed E-state index contributed by atoms with van der Waals surface area (Å²) >= 11 is 5.28. The molecule has 2 unspecified atom stereocenters. The summed E-state index contributed by atoms with van der Waals surface area (Å²) in [6.07, 6.45) is 0. The summed E-state index contributed by atoms with van der Waals surface area (Å²) < 4.78 is 6.62. The largest absolute Gasteiger partial charge is 0.494 e. The van der Waals surface area contributed by atoms with Crippen molar-refractivity contribution < 1.29 is 4.74 Å². The van der Waals surface area contributed by atoms with Gasteiger partial charge in [0.25, 0.3) is 0 Å². The first kappa shape index (κ1) is 15.5. The van der Waals surface area contributed by atoms with E-state index in [-0.39, 0.29) is 0 Å². The van der Waals surface area contributed by atoms with Crippen molar-refractivity contribution in [3.8, 4) is 5.75 Å². The second kappa shape index (κ2) is 7.25. The molecule has 0 aliphatic carbocycles. The van der Waals surface area contributed by atoms with Crippen LogP contribution in [0.3, 0.4) is 0 Å². The van der Waals surface area contributed by atoms with E-state index in [9.17, 15) is 0 Å². The smallest absolute Gasteiger partial charge is 0.119 e. The molecule has 2 rings (SSSR count). The number of rotatable bonds is 6. The Morgan fingerprint density at radius 3 is 2.45 bits per heavy atom. The molecule has 4 heteroatoms. The van der Waals surface area contributed by atoms with Crippen molar-refractivity contribution in [1.29, 1.82) is 0 Å². The van der Waals surface area contributed by atoms with Crippen molar-refractivity contribution in [2.75, 3.05) is 6.61 Å². The monoisotopic (exact) mass is 353 g/mol. The third-order valence-electron chi connectivity index (χ3n) is 3.21. The maximum Gasteiger partial charge on any atom is 0.119 e. The van der Waals surface area contributed by atoms with Gasteiger partial charge in [-0.2, -0.15) is 0 Å². The molecule has 0 amide bonds. The maximum atomic E-state index is 5.47. The zero-order valence-electron chi connectivity index (χ0n) is 12.0. The molecule has 1 heterocycles. The molecule has 0 saturated carbocycles. The van der Waals surface area contributed by atoms with Gasteiger partial charge in [0, 0.05) is 26.8 Å². The van der Waals surface area contributed by atoms with Gasteiger partial charge in [0.05, 0.1) is 6.61 Å². The Kier molecular flexibility index (Phi) is 5.64. The van der Waals surface area contributed by atoms with Gasteiger partial charge in [-0.15, -0.1) is 11.3 Å². The van der Waals surface area contributed by atoms with Gasteiger partial charge in [-0.25, -0.2) is 0 Å². The van der Waals surface area contributed by atoms with Crippen LogP contribution in [0, 0.1) is 0 Å². The summed E-state index contributed by atoms with van der Waals surface area (Å²) in [5.41, 5.74) is 1.27. The van der Waals surface area contributed by atoms with E-state index < -0.39 is 0 Å². The topological polar surface area (TPSA) is 21.3 Å². The molecule has 2 aromatic rings. The SMILES string of the molecule is CCOc1ccc(C(C)NC(C)c2cc(Br)cs2)cc1. The lowest BCUT2D eigenvalue weighted by molar-refractivity contribution is 0.340. The summed E-state index contributed by atoms with van der Waals surface area (Å²) in [7, 11) is 0. The quantitative estimate of drug-likeness (QED) is 0.758. The third kappa shape index (κ3) is 4.08. The van der Waals surface area contributed by atoms with Crippen LogP contribution in [-0.4, -0.2) is 6.61 Å². The molecule has 1 aromatic heterocycles. The molecule has 0 radical (unpaired) electrons. The average molecular weight is 354 g/mol. The first-order valence-corrected chi connectivity index (χ1v) is 8.50. The van der Waals surface area contributed by atoms with Gasteiger partial charge in [-0.3, -0.25) is 0 Å². The van der Waals surface area contributed by atoms with E-state index in [4.69, 9.17) is 4.74 Å². The van der Waals surface area contributed by atoms with Crippen LogP contribution >= 0.6 is 27.3 Å². The first-order chi connectivity index (χ1) is 9.60. The van der Waals surface area contributed by atoms with Crippen LogP contribution in [0.2, 0.25) is 0 Å². The first-order valence-electron chi connectivity index (χ1n) is 6.83. The lowest BCUT2D eigenvalue weighted by atomic mass is 10.1. The molecule has 2 atom stereocenters. The van der Waals surface area contributed by atoms with E-state index in [1.807, 2.05) is 19.1 Å². The van der Waals surface area contributed by atoms with Crippen LogP contribution in [0.4, 0.5) is 0 Å². The second-order valence-corrected chi connectivity index (χ2v) is 6.64. The van der Waals surface area contributed by atoms with Crippen LogP contribution in [0.5, 0.6) is 5.75 Å². The molecule has 0 fully saturated rings. The highest BCUT2D eigenvalue weighted by Gasteiger charge is 2.12. The van der Waals surface area contributed by atoms with Gasteiger partial charge in [0.15, 0.2) is 0 Å². The fourth-order valence-electron chi connectivity index (χ4n) is 2.13. The number of nitrogens with one attached hydrogen (secondary N) is 1. The van der Waals surface area contributed by atoms with Crippen LogP contribution in [0.25, 0.3) is 0 Å². The number of benzene rings is 1. The van der Waals surface area contributed by atoms with Crippen molar-refractivity contribution in [3.63, 3.8) is 0 Å². The highest BCUT2D eigenvalue weighted by Crippen LogP contribution is 2.27. The van der Waals surface area contributed by atoms with E-state index in [1.165, 1.54) is 10.4 Å². The van der Waals surface area contributed by atoms with Gasteiger partial charge in [-0.05, 0) is 60.5 Å². The standard InChI is InChI=1S/C16H20BrNOS/c1-4-19-15-7-5-13(6-8-15)11(2)18-12(3)16-9-14(17)10-20-16/h5-12,18H,4H2,1-3H3. The lowest BCUT2D eigenvalue weighted by Gasteiger charge is -2.19. The molecule has 0 spiro atoms. The maximum absolute atomic E-state index is 5.47. The number of thiophene rings is 1. The third-order valence-corrected chi connectivity index (χ3v) is 5.08. The molecule has 0 bridgehead atoms. The van der Waals surface area contributed by atoms with Crippen molar-refractivity contribution >= 4 is 27.3 Å². The van der Waals surface area contributed by atoms with Crippen molar-refractivity contribution in [2.45, 2.75) is 32.9 Å². The number of hydrogen-bond donors (Lipinski definition) is 1. The molecule has 0 saturated heterocycles. The van der Waals surface area contributed by atoms with Gasteiger partial charge >= 0.3 is 0 Å². The molecular weight excluding hydrogens is 334 g/mol. The fourth-order valence-corrected chi connectivity index (χ4v) is 3.59. The van der Waals surface area contributed by atoms with Gasteiger partial charge in [0.2, 0.25) is 0 Å². The van der Waals surface area contributed by atoms with Gasteiger partial charge < -0.3 is 10.1 Å². The highest BCUT2D eigenvalue weighted by atomic mass is 79.9. The Bertz CT molecular complexity index is 538. The van der Waals surface area contributed by atoms with Crippen LogP contribution < -0.4 is 10.1 Å². The van der Waals surface area contributed by atoms with E-state index in [0.29, 0.717) is 18.7 Å². The summed E-state index contributed by atoms with van der Waals surface area (Å²) in [5.74, 6) is 0.929. The Balaban J connectivity index is 1.98. The second-order valence-electron chi connectivity index (χ2n) is 4.78. The zero-order valence-corrected chi connectivity index (χ0v) is 14.4. The molecule has 2 nitrogen and oxygen atoms in total. The minimum atomic E-state index is 0.307. The molecule has 0 aliphatic heterocycles. The average Bonchev–Trinajstić information content (AvgIpc) is 2.86. The zero-order chi connectivity index (χ0) is 14.5. The van der Waals surface area contributed by atoms with Crippen LogP contribution in [-0.2, 0) is 0 Å². The van der Waals surface area contributed by atoms with Crippen molar-refractivity contribution in [3.05, 3.63) is 50.6 Å². The number of ether oxygens (including phenoxy) is 1. The Morgan fingerprint density at radius 2 is 1.90 bits per heavy atom. The molecule has 1 aromatic carbocycles. The summed E-state index contributed by atoms with van der Waals surface area (Å²) in [5, 5.41) is 5.75.